The predicted molar refractivity (Wildman–Crippen MR) is 76.8 cm³/mol. The molecule has 1 saturated carbocycles. The van der Waals surface area contributed by atoms with E-state index in [4.69, 9.17) is 5.11 Å². The Morgan fingerprint density at radius 1 is 1.38 bits per heavy atom. The molecule has 0 spiro atoms. The van der Waals surface area contributed by atoms with E-state index >= 15 is 0 Å². The molecule has 0 amide bonds. The summed E-state index contributed by atoms with van der Waals surface area (Å²) in [6.07, 6.45) is 4.06. The van der Waals surface area contributed by atoms with Crippen LogP contribution in [0.3, 0.4) is 0 Å². The molecule has 1 heterocycles. The third-order valence-corrected chi connectivity index (χ3v) is 6.93. The summed E-state index contributed by atoms with van der Waals surface area (Å²) < 4.78 is 26.6. The molecule has 1 aliphatic heterocycles. The number of hydrogen-bond acceptors (Lipinski definition) is 4. The Morgan fingerprint density at radius 3 is 2.52 bits per heavy atom. The smallest absolute Gasteiger partial charge is 0.307 e. The summed E-state index contributed by atoms with van der Waals surface area (Å²) in [5.74, 6) is -1.76. The lowest BCUT2D eigenvalue weighted by Gasteiger charge is -2.36. The molecule has 21 heavy (non-hydrogen) atoms. The molecule has 118 valence electrons. The largest absolute Gasteiger partial charge is 0.481 e. The molecule has 2 rings (SSSR count). The minimum Gasteiger partial charge on any atom is -0.481 e. The molecule has 0 aromatic heterocycles. The van der Waals surface area contributed by atoms with Gasteiger partial charge in [0.05, 0.1) is 23.2 Å². The van der Waals surface area contributed by atoms with Gasteiger partial charge in [-0.2, -0.15) is 9.57 Å². The van der Waals surface area contributed by atoms with E-state index in [0.29, 0.717) is 25.7 Å². The minimum absolute atomic E-state index is 0.0281. The standard InChI is InChI=1S/C14H22N2O4S/c1-11-4-5-12(13(17)18)8-16(11)21(19,20)10-14(9-15)6-2-3-7-14/h11-12H,2-8,10H2,1H3,(H,17,18). The molecule has 2 atom stereocenters. The molecular weight excluding hydrogens is 292 g/mol. The van der Waals surface area contributed by atoms with Crippen LogP contribution in [0.5, 0.6) is 0 Å². The molecule has 0 radical (unpaired) electrons. The van der Waals surface area contributed by atoms with Crippen molar-refractivity contribution in [1.29, 1.82) is 5.26 Å². The van der Waals surface area contributed by atoms with E-state index in [1.54, 1.807) is 0 Å². The van der Waals surface area contributed by atoms with Gasteiger partial charge in [0.2, 0.25) is 10.0 Å². The van der Waals surface area contributed by atoms with Crippen LogP contribution >= 0.6 is 0 Å². The average Bonchev–Trinajstić information content (AvgIpc) is 2.87. The fourth-order valence-corrected chi connectivity index (χ4v) is 5.71. The molecule has 2 aliphatic rings. The normalized spacial score (nSPS) is 29.9. The molecule has 1 aliphatic carbocycles. The lowest BCUT2D eigenvalue weighted by molar-refractivity contribution is -0.143. The maximum atomic E-state index is 12.7. The highest BCUT2D eigenvalue weighted by atomic mass is 32.2. The van der Waals surface area contributed by atoms with Crippen LogP contribution in [0.2, 0.25) is 0 Å². The van der Waals surface area contributed by atoms with Gasteiger partial charge in [0.15, 0.2) is 0 Å². The highest BCUT2D eigenvalue weighted by Gasteiger charge is 2.43. The number of rotatable bonds is 4. The van der Waals surface area contributed by atoms with E-state index in [9.17, 15) is 18.5 Å². The van der Waals surface area contributed by atoms with Crippen molar-refractivity contribution in [3.63, 3.8) is 0 Å². The summed E-state index contributed by atoms with van der Waals surface area (Å²) in [7, 11) is -3.61. The van der Waals surface area contributed by atoms with Crippen LogP contribution in [-0.4, -0.2) is 42.1 Å². The first-order valence-corrected chi connectivity index (χ1v) is 9.04. The van der Waals surface area contributed by atoms with E-state index < -0.39 is 27.3 Å². The van der Waals surface area contributed by atoms with Crippen molar-refractivity contribution in [2.24, 2.45) is 11.3 Å². The summed E-state index contributed by atoms with van der Waals surface area (Å²) in [6.45, 7) is 1.84. The van der Waals surface area contributed by atoms with Gasteiger partial charge in [0.1, 0.15) is 0 Å². The molecule has 1 N–H and O–H groups in total. The second-order valence-corrected chi connectivity index (χ2v) is 8.31. The highest BCUT2D eigenvalue weighted by molar-refractivity contribution is 7.89. The second-order valence-electron chi connectivity index (χ2n) is 6.39. The first-order valence-electron chi connectivity index (χ1n) is 7.43. The van der Waals surface area contributed by atoms with Crippen LogP contribution in [0, 0.1) is 22.7 Å². The topological polar surface area (TPSA) is 98.5 Å². The number of sulfonamides is 1. The van der Waals surface area contributed by atoms with Crippen LogP contribution in [0.4, 0.5) is 0 Å². The quantitative estimate of drug-likeness (QED) is 0.849. The molecule has 1 saturated heterocycles. The third kappa shape index (κ3) is 3.38. The lowest BCUT2D eigenvalue weighted by Crippen LogP contribution is -2.49. The van der Waals surface area contributed by atoms with Crippen LogP contribution in [0.25, 0.3) is 0 Å². The molecule has 0 aromatic rings. The van der Waals surface area contributed by atoms with E-state index in [0.717, 1.165) is 12.8 Å². The number of carboxylic acids is 1. The number of hydrogen-bond donors (Lipinski definition) is 1. The van der Waals surface area contributed by atoms with E-state index in [-0.39, 0.29) is 18.3 Å². The molecule has 6 nitrogen and oxygen atoms in total. The molecule has 2 unspecified atom stereocenters. The van der Waals surface area contributed by atoms with E-state index in [1.165, 1.54) is 4.31 Å². The summed E-state index contributed by atoms with van der Waals surface area (Å²) in [5.41, 5.74) is -0.783. The van der Waals surface area contributed by atoms with Gasteiger partial charge in [-0.1, -0.05) is 12.8 Å². The number of nitrogens with zero attached hydrogens (tertiary/aromatic N) is 2. The monoisotopic (exact) mass is 314 g/mol. The molecule has 0 bridgehead atoms. The number of aliphatic carboxylic acids is 1. The van der Waals surface area contributed by atoms with Crippen molar-refractivity contribution >= 4 is 16.0 Å². The highest BCUT2D eigenvalue weighted by Crippen LogP contribution is 2.40. The van der Waals surface area contributed by atoms with Gasteiger partial charge in [-0.05, 0) is 32.6 Å². The molecule has 0 aromatic carbocycles. The van der Waals surface area contributed by atoms with Gasteiger partial charge >= 0.3 is 5.97 Å². The zero-order chi connectivity index (χ0) is 15.7. The summed E-state index contributed by atoms with van der Waals surface area (Å²) in [4.78, 5) is 11.1. The molecule has 2 fully saturated rings. The lowest BCUT2D eigenvalue weighted by atomic mass is 9.91. The maximum Gasteiger partial charge on any atom is 0.307 e. The van der Waals surface area contributed by atoms with E-state index in [2.05, 4.69) is 6.07 Å². The van der Waals surface area contributed by atoms with Crippen molar-refractivity contribution < 1.29 is 18.3 Å². The molecular formula is C14H22N2O4S. The SMILES string of the molecule is CC1CCC(C(=O)O)CN1S(=O)(=O)CC1(C#N)CCCC1. The van der Waals surface area contributed by atoms with Gasteiger partial charge in [0, 0.05) is 12.6 Å². The Kier molecular flexibility index (Phi) is 4.59. The number of nitriles is 1. The minimum atomic E-state index is -3.61. The Bertz CT molecular complexity index is 546. The number of piperidine rings is 1. The predicted octanol–water partition coefficient (Wildman–Crippen LogP) is 1.59. The maximum absolute atomic E-state index is 12.7. The van der Waals surface area contributed by atoms with Crippen LogP contribution in [0.1, 0.15) is 45.4 Å². The Labute approximate surface area is 125 Å². The Balaban J connectivity index is 2.17. The zero-order valence-electron chi connectivity index (χ0n) is 12.3. The van der Waals surface area contributed by atoms with Crippen molar-refractivity contribution in [1.82, 2.24) is 4.31 Å². The first kappa shape index (κ1) is 16.2. The van der Waals surface area contributed by atoms with Crippen molar-refractivity contribution in [3.05, 3.63) is 0 Å². The van der Waals surface area contributed by atoms with Gasteiger partial charge in [0.25, 0.3) is 0 Å². The van der Waals surface area contributed by atoms with Crippen molar-refractivity contribution in [3.8, 4) is 6.07 Å². The average molecular weight is 314 g/mol. The Morgan fingerprint density at radius 2 is 2.00 bits per heavy atom. The summed E-state index contributed by atoms with van der Waals surface area (Å²) in [6, 6.07) is 2.01. The van der Waals surface area contributed by atoms with Crippen LogP contribution < -0.4 is 0 Å². The van der Waals surface area contributed by atoms with Gasteiger partial charge in [-0.3, -0.25) is 4.79 Å². The fraction of sp³-hybridized carbons (Fsp3) is 0.857. The third-order valence-electron chi connectivity index (χ3n) is 4.79. The fourth-order valence-electron chi connectivity index (χ4n) is 3.44. The summed E-state index contributed by atoms with van der Waals surface area (Å²) in [5, 5.41) is 18.5. The van der Waals surface area contributed by atoms with Gasteiger partial charge < -0.3 is 5.11 Å². The van der Waals surface area contributed by atoms with Crippen LogP contribution in [-0.2, 0) is 14.8 Å². The van der Waals surface area contributed by atoms with Gasteiger partial charge in [-0.25, -0.2) is 8.42 Å². The van der Waals surface area contributed by atoms with E-state index in [1.807, 2.05) is 6.92 Å². The van der Waals surface area contributed by atoms with Crippen molar-refractivity contribution in [2.45, 2.75) is 51.5 Å². The molecule has 7 heteroatoms. The first-order chi connectivity index (χ1) is 9.80. The van der Waals surface area contributed by atoms with Crippen molar-refractivity contribution in [2.75, 3.05) is 12.3 Å². The number of carboxylic acid groups (broad SMARTS) is 1. The number of carbonyl (C=O) groups is 1. The summed E-state index contributed by atoms with van der Waals surface area (Å²) >= 11 is 0. The Hall–Kier alpha value is -1.13. The second kappa shape index (κ2) is 5.93. The van der Waals surface area contributed by atoms with Gasteiger partial charge in [-0.15, -0.1) is 0 Å². The van der Waals surface area contributed by atoms with Crippen LogP contribution in [0.15, 0.2) is 0 Å². The zero-order valence-corrected chi connectivity index (χ0v) is 13.1.